The number of aromatic hydroxyl groups is 3. The first kappa shape index (κ1) is 8.21. The van der Waals surface area contributed by atoms with Gasteiger partial charge in [-0.05, 0) is 6.92 Å². The van der Waals surface area contributed by atoms with E-state index in [0.717, 1.165) is 6.07 Å². The molecule has 0 atom stereocenters. The Morgan fingerprint density at radius 3 is 2.33 bits per heavy atom. The summed E-state index contributed by atoms with van der Waals surface area (Å²) >= 11 is 0. The van der Waals surface area contributed by atoms with Crippen molar-refractivity contribution >= 4 is 0 Å². The van der Waals surface area contributed by atoms with Crippen LogP contribution in [0.25, 0.3) is 0 Å². The van der Waals surface area contributed by atoms with Crippen molar-refractivity contribution in [3.05, 3.63) is 24.1 Å². The lowest BCUT2D eigenvalue weighted by molar-refractivity contribution is 0.366. The van der Waals surface area contributed by atoms with Gasteiger partial charge in [-0.2, -0.15) is 5.26 Å². The first-order chi connectivity index (χ1) is 5.57. The Morgan fingerprint density at radius 2 is 1.83 bits per heavy atom. The van der Waals surface area contributed by atoms with Gasteiger partial charge < -0.3 is 15.3 Å². The van der Waals surface area contributed by atoms with Gasteiger partial charge in [0.05, 0.1) is 11.6 Å². The lowest BCUT2D eigenvalue weighted by atomic mass is 10.1. The van der Waals surface area contributed by atoms with Crippen LogP contribution in [-0.4, -0.2) is 15.3 Å². The van der Waals surface area contributed by atoms with Crippen molar-refractivity contribution < 1.29 is 15.3 Å². The minimum absolute atomic E-state index is 0.00722. The van der Waals surface area contributed by atoms with Crippen LogP contribution < -0.4 is 0 Å². The first-order valence-corrected chi connectivity index (χ1v) is 3.08. The summed E-state index contributed by atoms with van der Waals surface area (Å²) in [5, 5.41) is 35.4. The van der Waals surface area contributed by atoms with E-state index in [1.807, 2.05) is 0 Å². The fourth-order valence-electron chi connectivity index (χ4n) is 0.784. The van der Waals surface area contributed by atoms with E-state index in [2.05, 4.69) is 6.92 Å². The van der Waals surface area contributed by atoms with Crippen molar-refractivity contribution in [3.8, 4) is 23.3 Å². The third-order valence-electron chi connectivity index (χ3n) is 1.48. The highest BCUT2D eigenvalue weighted by atomic mass is 16.3. The van der Waals surface area contributed by atoms with E-state index >= 15 is 0 Å². The molecule has 0 bridgehead atoms. The summed E-state index contributed by atoms with van der Waals surface area (Å²) < 4.78 is 0. The minimum atomic E-state index is -0.654. The Kier molecular flexibility index (Phi) is 1.80. The highest BCUT2D eigenvalue weighted by Gasteiger charge is 2.12. The van der Waals surface area contributed by atoms with Gasteiger partial charge in [0.1, 0.15) is 0 Å². The highest BCUT2D eigenvalue weighted by Crippen LogP contribution is 2.38. The third-order valence-corrected chi connectivity index (χ3v) is 1.48. The summed E-state index contributed by atoms with van der Waals surface area (Å²) in [5.41, 5.74) is 0.0376. The van der Waals surface area contributed by atoms with Gasteiger partial charge in [-0.25, -0.2) is 0 Å². The molecule has 1 rings (SSSR count). The normalized spacial score (nSPS) is 9.33. The van der Waals surface area contributed by atoms with E-state index in [1.54, 1.807) is 6.07 Å². The number of nitrogens with zero attached hydrogens (tertiary/aromatic N) is 1. The van der Waals surface area contributed by atoms with Crippen LogP contribution >= 0.6 is 0 Å². The Bertz CT molecular complexity index is 366. The first-order valence-electron chi connectivity index (χ1n) is 3.08. The molecule has 1 aromatic rings. The van der Waals surface area contributed by atoms with Crippen molar-refractivity contribution in [2.75, 3.05) is 0 Å². The summed E-state index contributed by atoms with van der Waals surface area (Å²) in [7, 11) is 0. The molecule has 0 heterocycles. The molecule has 1 aromatic carbocycles. The molecule has 0 fully saturated rings. The summed E-state index contributed by atoms with van der Waals surface area (Å²) in [6, 6.07) is 2.75. The van der Waals surface area contributed by atoms with Crippen LogP contribution in [0.2, 0.25) is 0 Å². The summed E-state index contributed by atoms with van der Waals surface area (Å²) in [4.78, 5) is 0. The van der Waals surface area contributed by atoms with E-state index in [0.29, 0.717) is 0 Å². The molecule has 4 nitrogen and oxygen atoms in total. The maximum atomic E-state index is 9.08. The number of phenols is 3. The Hall–Kier alpha value is -1.89. The van der Waals surface area contributed by atoms with Crippen molar-refractivity contribution in [1.29, 1.82) is 5.26 Å². The van der Waals surface area contributed by atoms with Crippen LogP contribution in [0.15, 0.2) is 6.07 Å². The van der Waals surface area contributed by atoms with Crippen LogP contribution in [0.1, 0.15) is 11.1 Å². The summed E-state index contributed by atoms with van der Waals surface area (Å²) in [6.45, 7) is 3.35. The van der Waals surface area contributed by atoms with E-state index in [4.69, 9.17) is 20.6 Å². The second-order valence-corrected chi connectivity index (χ2v) is 2.23. The summed E-state index contributed by atoms with van der Waals surface area (Å²) in [6.07, 6.45) is 0. The minimum Gasteiger partial charge on any atom is -0.504 e. The second-order valence-electron chi connectivity index (χ2n) is 2.23. The predicted molar refractivity (Wildman–Crippen MR) is 40.6 cm³/mol. The Morgan fingerprint density at radius 1 is 1.25 bits per heavy atom. The quantitative estimate of drug-likeness (QED) is 0.496. The van der Waals surface area contributed by atoms with Crippen molar-refractivity contribution in [2.45, 2.75) is 0 Å². The predicted octanol–water partition coefficient (Wildman–Crippen LogP) is 0.857. The van der Waals surface area contributed by atoms with Gasteiger partial charge in [0.25, 0.3) is 0 Å². The monoisotopic (exact) mass is 164 g/mol. The van der Waals surface area contributed by atoms with E-state index < -0.39 is 17.2 Å². The topological polar surface area (TPSA) is 84.5 Å². The van der Waals surface area contributed by atoms with E-state index in [9.17, 15) is 0 Å². The SMILES string of the molecule is [CH2]c1c(C#N)cc(O)c(O)c1O. The molecule has 3 N–H and O–H groups in total. The number of phenolic OH excluding ortho intramolecular Hbond substituents is 3. The molecule has 61 valence electrons. The molecule has 0 aliphatic rings. The Labute approximate surface area is 68.9 Å². The molecule has 1 radical (unpaired) electrons. The molecular formula is C8H6NO3. The number of rotatable bonds is 0. The zero-order chi connectivity index (χ0) is 9.30. The number of nitriles is 1. The van der Waals surface area contributed by atoms with Crippen LogP contribution in [0.4, 0.5) is 0 Å². The molecule has 12 heavy (non-hydrogen) atoms. The Balaban J connectivity index is 3.52. The molecule has 0 amide bonds. The second kappa shape index (κ2) is 2.62. The number of hydrogen-bond acceptors (Lipinski definition) is 4. The largest absolute Gasteiger partial charge is 0.504 e. The third kappa shape index (κ3) is 1.01. The maximum Gasteiger partial charge on any atom is 0.200 e. The van der Waals surface area contributed by atoms with Crippen LogP contribution in [0.5, 0.6) is 17.2 Å². The van der Waals surface area contributed by atoms with E-state index in [-0.39, 0.29) is 11.1 Å². The average molecular weight is 164 g/mol. The molecule has 0 aliphatic carbocycles. The van der Waals surface area contributed by atoms with Gasteiger partial charge in [0, 0.05) is 11.6 Å². The van der Waals surface area contributed by atoms with Crippen LogP contribution in [0.3, 0.4) is 0 Å². The lowest BCUT2D eigenvalue weighted by Crippen LogP contribution is -1.83. The average Bonchev–Trinajstić information content (AvgIpc) is 2.08. The van der Waals surface area contributed by atoms with Gasteiger partial charge in [-0.1, -0.05) is 0 Å². The van der Waals surface area contributed by atoms with Gasteiger partial charge in [-0.3, -0.25) is 0 Å². The molecule has 0 spiro atoms. The fraction of sp³-hybridized carbons (Fsp3) is 0. The maximum absolute atomic E-state index is 9.08. The van der Waals surface area contributed by atoms with Gasteiger partial charge in [0.2, 0.25) is 5.75 Å². The molecule has 0 unspecified atom stereocenters. The highest BCUT2D eigenvalue weighted by molar-refractivity contribution is 5.60. The fourth-order valence-corrected chi connectivity index (χ4v) is 0.784. The number of benzene rings is 1. The van der Waals surface area contributed by atoms with Crippen LogP contribution in [0, 0.1) is 18.3 Å². The molecule has 0 saturated heterocycles. The van der Waals surface area contributed by atoms with Crippen molar-refractivity contribution in [2.24, 2.45) is 0 Å². The van der Waals surface area contributed by atoms with Gasteiger partial charge in [0.15, 0.2) is 11.5 Å². The molecule has 0 saturated carbocycles. The van der Waals surface area contributed by atoms with Crippen molar-refractivity contribution in [3.63, 3.8) is 0 Å². The zero-order valence-electron chi connectivity index (χ0n) is 6.07. The summed E-state index contributed by atoms with van der Waals surface area (Å²) in [5.74, 6) is -1.75. The van der Waals surface area contributed by atoms with E-state index in [1.165, 1.54) is 0 Å². The van der Waals surface area contributed by atoms with Gasteiger partial charge >= 0.3 is 0 Å². The number of hydrogen-bond donors (Lipinski definition) is 3. The molecule has 0 aliphatic heterocycles. The molecular weight excluding hydrogens is 158 g/mol. The zero-order valence-corrected chi connectivity index (χ0v) is 6.07. The smallest absolute Gasteiger partial charge is 0.200 e. The van der Waals surface area contributed by atoms with Crippen molar-refractivity contribution in [1.82, 2.24) is 0 Å². The standard InChI is InChI=1S/C8H6NO3/c1-4-5(3-9)2-6(10)8(12)7(4)11/h2,10-12H,1H2. The van der Waals surface area contributed by atoms with Crippen LogP contribution in [-0.2, 0) is 0 Å². The molecule has 4 heteroatoms. The lowest BCUT2D eigenvalue weighted by Gasteiger charge is -2.04. The van der Waals surface area contributed by atoms with Gasteiger partial charge in [-0.15, -0.1) is 0 Å². The molecule has 0 aromatic heterocycles.